The molecule has 4 nitrogen and oxygen atoms in total. The van der Waals surface area contributed by atoms with Crippen molar-refractivity contribution in [2.75, 3.05) is 6.54 Å². The van der Waals surface area contributed by atoms with Crippen molar-refractivity contribution >= 4 is 0 Å². The van der Waals surface area contributed by atoms with Crippen molar-refractivity contribution in [2.45, 2.75) is 18.6 Å². The van der Waals surface area contributed by atoms with Gasteiger partial charge in [-0.1, -0.05) is 6.07 Å². The first-order valence-corrected chi connectivity index (χ1v) is 4.33. The summed E-state index contributed by atoms with van der Waals surface area (Å²) in [5, 5.41) is 18.9. The molecule has 78 valence electrons. The van der Waals surface area contributed by atoms with E-state index in [4.69, 9.17) is 5.73 Å². The average Bonchev–Trinajstić information content (AvgIpc) is 2.18. The second kappa shape index (κ2) is 4.99. The lowest BCUT2D eigenvalue weighted by Crippen LogP contribution is -2.21. The number of aromatic nitrogens is 1. The monoisotopic (exact) mass is 200 g/mol. The quantitative estimate of drug-likeness (QED) is 0.596. The van der Waals surface area contributed by atoms with E-state index >= 15 is 0 Å². The topological polar surface area (TPSA) is 79.4 Å². The van der Waals surface area contributed by atoms with Crippen LogP contribution in [0.4, 0.5) is 4.39 Å². The SMILES string of the molecule is NCCC(O)C(O)c1ccc(F)nc1. The molecule has 14 heavy (non-hydrogen) atoms. The summed E-state index contributed by atoms with van der Waals surface area (Å²) in [4.78, 5) is 3.37. The fourth-order valence-corrected chi connectivity index (χ4v) is 1.11. The van der Waals surface area contributed by atoms with Crippen molar-refractivity contribution in [2.24, 2.45) is 5.73 Å². The molecule has 4 N–H and O–H groups in total. The minimum atomic E-state index is -1.06. The highest BCUT2D eigenvalue weighted by Crippen LogP contribution is 2.17. The van der Waals surface area contributed by atoms with Crippen LogP contribution in [-0.4, -0.2) is 27.8 Å². The molecule has 0 aliphatic rings. The van der Waals surface area contributed by atoms with E-state index < -0.39 is 18.2 Å². The minimum Gasteiger partial charge on any atom is -0.390 e. The van der Waals surface area contributed by atoms with Crippen LogP contribution in [0.5, 0.6) is 0 Å². The van der Waals surface area contributed by atoms with Crippen LogP contribution in [0.2, 0.25) is 0 Å². The number of hydrogen-bond donors (Lipinski definition) is 3. The van der Waals surface area contributed by atoms with Crippen LogP contribution in [0.3, 0.4) is 0 Å². The van der Waals surface area contributed by atoms with Gasteiger partial charge in [-0.15, -0.1) is 0 Å². The predicted octanol–water partition coefficient (Wildman–Crippen LogP) is -0.0362. The Kier molecular flexibility index (Phi) is 3.94. The maximum absolute atomic E-state index is 12.4. The van der Waals surface area contributed by atoms with Crippen LogP contribution in [-0.2, 0) is 0 Å². The Hall–Kier alpha value is -1.04. The summed E-state index contributed by atoms with van der Waals surface area (Å²) in [6.45, 7) is 0.285. The van der Waals surface area contributed by atoms with Gasteiger partial charge in [0.15, 0.2) is 0 Å². The first-order chi connectivity index (χ1) is 6.65. The van der Waals surface area contributed by atoms with Crippen molar-refractivity contribution in [3.05, 3.63) is 29.8 Å². The molecule has 2 atom stereocenters. The van der Waals surface area contributed by atoms with Crippen molar-refractivity contribution < 1.29 is 14.6 Å². The molecule has 0 fully saturated rings. The number of hydrogen-bond acceptors (Lipinski definition) is 4. The molecule has 1 rings (SSSR count). The van der Waals surface area contributed by atoms with E-state index in [-0.39, 0.29) is 6.54 Å². The molecule has 0 aromatic carbocycles. The fourth-order valence-electron chi connectivity index (χ4n) is 1.11. The number of halogens is 1. The summed E-state index contributed by atoms with van der Waals surface area (Å²) < 4.78 is 12.4. The molecular weight excluding hydrogens is 187 g/mol. The second-order valence-electron chi connectivity index (χ2n) is 3.00. The third kappa shape index (κ3) is 2.73. The third-order valence-corrected chi connectivity index (χ3v) is 1.92. The zero-order valence-corrected chi connectivity index (χ0v) is 7.60. The number of rotatable bonds is 4. The first-order valence-electron chi connectivity index (χ1n) is 4.33. The molecule has 1 aromatic rings. The molecule has 0 amide bonds. The summed E-state index contributed by atoms with van der Waals surface area (Å²) in [6, 6.07) is 2.51. The normalized spacial score (nSPS) is 15.1. The van der Waals surface area contributed by atoms with Gasteiger partial charge in [-0.25, -0.2) is 4.98 Å². The Morgan fingerprint density at radius 2 is 2.14 bits per heavy atom. The molecule has 1 aromatic heterocycles. The molecule has 0 saturated heterocycles. The van der Waals surface area contributed by atoms with Crippen molar-refractivity contribution in [3.8, 4) is 0 Å². The van der Waals surface area contributed by atoms with Crippen LogP contribution in [0.25, 0.3) is 0 Å². The maximum atomic E-state index is 12.4. The Bertz CT molecular complexity index is 279. The Morgan fingerprint density at radius 3 is 2.64 bits per heavy atom. The van der Waals surface area contributed by atoms with Crippen molar-refractivity contribution in [1.29, 1.82) is 0 Å². The number of pyridine rings is 1. The minimum absolute atomic E-state index is 0.285. The zero-order chi connectivity index (χ0) is 10.6. The Labute approximate surface area is 81.2 Å². The van der Waals surface area contributed by atoms with Crippen LogP contribution in [0.1, 0.15) is 18.1 Å². The molecule has 0 aliphatic carbocycles. The van der Waals surface area contributed by atoms with Gasteiger partial charge >= 0.3 is 0 Å². The second-order valence-corrected chi connectivity index (χ2v) is 3.00. The van der Waals surface area contributed by atoms with E-state index in [1.807, 2.05) is 0 Å². The molecule has 5 heteroatoms. The number of aliphatic hydroxyl groups excluding tert-OH is 2. The lowest BCUT2D eigenvalue weighted by atomic mass is 10.0. The summed E-state index contributed by atoms with van der Waals surface area (Å²) in [7, 11) is 0. The third-order valence-electron chi connectivity index (χ3n) is 1.92. The summed E-state index contributed by atoms with van der Waals surface area (Å²) >= 11 is 0. The van der Waals surface area contributed by atoms with Crippen LogP contribution < -0.4 is 5.73 Å². The highest BCUT2D eigenvalue weighted by atomic mass is 19.1. The van der Waals surface area contributed by atoms with E-state index in [2.05, 4.69) is 4.98 Å². The predicted molar refractivity (Wildman–Crippen MR) is 48.8 cm³/mol. The molecule has 1 heterocycles. The van der Waals surface area contributed by atoms with Crippen molar-refractivity contribution in [1.82, 2.24) is 4.98 Å². The van der Waals surface area contributed by atoms with Crippen LogP contribution >= 0.6 is 0 Å². The lowest BCUT2D eigenvalue weighted by Gasteiger charge is -2.16. The van der Waals surface area contributed by atoms with Gasteiger partial charge in [-0.05, 0) is 19.0 Å². The van der Waals surface area contributed by atoms with E-state index in [1.54, 1.807) is 0 Å². The zero-order valence-electron chi connectivity index (χ0n) is 7.60. The highest BCUT2D eigenvalue weighted by molar-refractivity contribution is 5.13. The van der Waals surface area contributed by atoms with Gasteiger partial charge in [-0.3, -0.25) is 0 Å². The standard InChI is InChI=1S/C9H13FN2O2/c10-8-2-1-6(5-12-8)9(14)7(13)3-4-11/h1-2,5,7,9,13-14H,3-4,11H2. The molecule has 2 unspecified atom stereocenters. The van der Waals surface area contributed by atoms with Gasteiger partial charge in [-0.2, -0.15) is 4.39 Å². The van der Waals surface area contributed by atoms with Gasteiger partial charge < -0.3 is 15.9 Å². The molecule has 0 radical (unpaired) electrons. The molecule has 0 saturated carbocycles. The van der Waals surface area contributed by atoms with E-state index in [1.165, 1.54) is 12.3 Å². The van der Waals surface area contributed by atoms with Crippen LogP contribution in [0, 0.1) is 5.95 Å². The van der Waals surface area contributed by atoms with E-state index in [0.717, 1.165) is 6.07 Å². The van der Waals surface area contributed by atoms with Gasteiger partial charge in [0.25, 0.3) is 0 Å². The van der Waals surface area contributed by atoms with Gasteiger partial charge in [0, 0.05) is 11.8 Å². The lowest BCUT2D eigenvalue weighted by molar-refractivity contribution is 0.0147. The summed E-state index contributed by atoms with van der Waals surface area (Å²) in [5.74, 6) is -0.616. The van der Waals surface area contributed by atoms with Gasteiger partial charge in [0.1, 0.15) is 6.10 Å². The Morgan fingerprint density at radius 1 is 1.43 bits per heavy atom. The molecule has 0 bridgehead atoms. The molecule has 0 spiro atoms. The largest absolute Gasteiger partial charge is 0.390 e. The number of nitrogens with two attached hydrogens (primary N) is 1. The first kappa shape index (κ1) is 11.0. The Balaban J connectivity index is 2.68. The maximum Gasteiger partial charge on any atom is 0.212 e. The average molecular weight is 200 g/mol. The number of nitrogens with zero attached hydrogens (tertiary/aromatic N) is 1. The summed E-state index contributed by atoms with van der Waals surface area (Å²) in [5.41, 5.74) is 5.60. The van der Waals surface area contributed by atoms with Gasteiger partial charge in [0.05, 0.1) is 6.10 Å². The summed E-state index contributed by atoms with van der Waals surface area (Å²) in [6.07, 6.45) is -0.517. The van der Waals surface area contributed by atoms with Gasteiger partial charge in [0.2, 0.25) is 5.95 Å². The smallest absolute Gasteiger partial charge is 0.212 e. The van der Waals surface area contributed by atoms with Crippen molar-refractivity contribution in [3.63, 3.8) is 0 Å². The highest BCUT2D eigenvalue weighted by Gasteiger charge is 2.17. The molecular formula is C9H13FN2O2. The number of aliphatic hydroxyl groups is 2. The van der Waals surface area contributed by atoms with Crippen LogP contribution in [0.15, 0.2) is 18.3 Å². The van der Waals surface area contributed by atoms with E-state index in [9.17, 15) is 14.6 Å². The van der Waals surface area contributed by atoms with E-state index in [0.29, 0.717) is 12.0 Å². The fraction of sp³-hybridized carbons (Fsp3) is 0.444. The molecule has 0 aliphatic heterocycles.